The topological polar surface area (TPSA) is 50.2 Å². The van der Waals surface area contributed by atoms with Crippen LogP contribution >= 0.6 is 0 Å². The molecule has 1 aliphatic heterocycles. The second-order valence-corrected chi connectivity index (χ2v) is 6.67. The highest BCUT2D eigenvalue weighted by Crippen LogP contribution is 2.28. The van der Waals surface area contributed by atoms with Gasteiger partial charge in [0.15, 0.2) is 0 Å². The molecule has 1 fully saturated rings. The molecule has 0 radical (unpaired) electrons. The zero-order valence-electron chi connectivity index (χ0n) is 14.7. The third kappa shape index (κ3) is 3.14. The van der Waals surface area contributed by atoms with Gasteiger partial charge in [0.1, 0.15) is 11.6 Å². The number of nitrogens with zero attached hydrogens (tertiary/aromatic N) is 3. The van der Waals surface area contributed by atoms with Crippen molar-refractivity contribution in [3.8, 4) is 0 Å². The fourth-order valence-electron chi connectivity index (χ4n) is 3.69. The molecule has 5 nitrogen and oxygen atoms in total. The maximum absolute atomic E-state index is 13.0. The van der Waals surface area contributed by atoms with E-state index < -0.39 is 0 Å². The first-order chi connectivity index (χ1) is 12.6. The lowest BCUT2D eigenvalue weighted by molar-refractivity contribution is 0.184. The molecule has 1 N–H and O–H groups in total. The maximum atomic E-state index is 13.0. The number of aryl methyl sites for hydroxylation is 1. The fraction of sp³-hybridized carbons (Fsp3) is 0.300. The first kappa shape index (κ1) is 16.6. The minimum absolute atomic E-state index is 0.137. The largest absolute Gasteiger partial charge is 0.325 e. The molecular formula is C20H21FN4O. The number of para-hydroxylation sites is 2. The van der Waals surface area contributed by atoms with Gasteiger partial charge in [0, 0.05) is 24.8 Å². The third-order valence-electron chi connectivity index (χ3n) is 4.98. The van der Waals surface area contributed by atoms with Crippen molar-refractivity contribution in [1.82, 2.24) is 14.5 Å². The molecule has 4 rings (SSSR count). The SMILES string of the molecule is Cc1nc2ccccc2n1C1CCN(C(=O)Nc2ccc(F)cc2)CC1. The number of carbonyl (C=O) groups excluding carboxylic acids is 1. The van der Waals surface area contributed by atoms with E-state index in [9.17, 15) is 9.18 Å². The van der Waals surface area contributed by atoms with Crippen LogP contribution < -0.4 is 5.32 Å². The molecule has 3 aromatic rings. The number of amides is 2. The summed E-state index contributed by atoms with van der Waals surface area (Å²) in [7, 11) is 0. The van der Waals surface area contributed by atoms with Crippen molar-refractivity contribution in [2.45, 2.75) is 25.8 Å². The number of hydrogen-bond acceptors (Lipinski definition) is 2. The smallest absolute Gasteiger partial charge is 0.321 e. The van der Waals surface area contributed by atoms with Crippen LogP contribution in [-0.2, 0) is 0 Å². The number of halogens is 1. The van der Waals surface area contributed by atoms with E-state index in [2.05, 4.69) is 20.9 Å². The molecule has 6 heteroatoms. The van der Waals surface area contributed by atoms with Gasteiger partial charge in [-0.05, 0) is 56.2 Å². The molecule has 0 saturated carbocycles. The number of anilines is 1. The summed E-state index contributed by atoms with van der Waals surface area (Å²) in [4.78, 5) is 18.9. The minimum atomic E-state index is -0.313. The zero-order chi connectivity index (χ0) is 18.1. The molecule has 26 heavy (non-hydrogen) atoms. The number of aromatic nitrogens is 2. The van der Waals surface area contributed by atoms with E-state index in [-0.39, 0.29) is 11.8 Å². The molecule has 2 amide bonds. The van der Waals surface area contributed by atoms with Crippen LogP contribution in [0.2, 0.25) is 0 Å². The van der Waals surface area contributed by atoms with E-state index in [0.29, 0.717) is 24.8 Å². The second kappa shape index (κ2) is 6.78. The molecule has 0 atom stereocenters. The van der Waals surface area contributed by atoms with E-state index in [0.717, 1.165) is 29.7 Å². The van der Waals surface area contributed by atoms with Gasteiger partial charge in [0.05, 0.1) is 11.0 Å². The summed E-state index contributed by atoms with van der Waals surface area (Å²) in [6, 6.07) is 14.2. The monoisotopic (exact) mass is 352 g/mol. The Bertz CT molecular complexity index is 927. The number of likely N-dealkylation sites (tertiary alicyclic amines) is 1. The number of hydrogen-bond donors (Lipinski definition) is 1. The third-order valence-corrected chi connectivity index (χ3v) is 4.98. The van der Waals surface area contributed by atoms with Crippen molar-refractivity contribution < 1.29 is 9.18 Å². The van der Waals surface area contributed by atoms with Crippen LogP contribution in [0.15, 0.2) is 48.5 Å². The zero-order valence-corrected chi connectivity index (χ0v) is 14.7. The Morgan fingerprint density at radius 2 is 1.81 bits per heavy atom. The standard InChI is InChI=1S/C20H21FN4O/c1-14-22-18-4-2-3-5-19(18)25(14)17-10-12-24(13-11-17)20(26)23-16-8-6-15(21)7-9-16/h2-9,17H,10-13H2,1H3,(H,23,26). The summed E-state index contributed by atoms with van der Waals surface area (Å²) < 4.78 is 15.3. The molecule has 0 spiro atoms. The van der Waals surface area contributed by atoms with Crippen molar-refractivity contribution in [3.05, 3.63) is 60.2 Å². The Kier molecular flexibility index (Phi) is 4.32. The fourth-order valence-corrected chi connectivity index (χ4v) is 3.69. The van der Waals surface area contributed by atoms with Crippen molar-refractivity contribution in [3.63, 3.8) is 0 Å². The Labute approximate surface area is 151 Å². The van der Waals surface area contributed by atoms with E-state index >= 15 is 0 Å². The van der Waals surface area contributed by atoms with Gasteiger partial charge in [0.2, 0.25) is 0 Å². The molecule has 1 saturated heterocycles. The highest BCUT2D eigenvalue weighted by molar-refractivity contribution is 5.89. The van der Waals surface area contributed by atoms with E-state index in [1.807, 2.05) is 30.0 Å². The molecule has 0 bridgehead atoms. The van der Waals surface area contributed by atoms with Crippen LogP contribution in [0, 0.1) is 12.7 Å². The maximum Gasteiger partial charge on any atom is 0.321 e. The van der Waals surface area contributed by atoms with Gasteiger partial charge >= 0.3 is 6.03 Å². The van der Waals surface area contributed by atoms with Crippen LogP contribution in [0.3, 0.4) is 0 Å². The molecule has 2 aromatic carbocycles. The molecular weight excluding hydrogens is 331 g/mol. The molecule has 0 unspecified atom stereocenters. The van der Waals surface area contributed by atoms with Gasteiger partial charge in [-0.15, -0.1) is 0 Å². The number of benzene rings is 2. The minimum Gasteiger partial charge on any atom is -0.325 e. The van der Waals surface area contributed by atoms with E-state index in [1.165, 1.54) is 12.1 Å². The number of carbonyl (C=O) groups is 1. The Hall–Kier alpha value is -2.89. The van der Waals surface area contributed by atoms with Gasteiger partial charge in [-0.2, -0.15) is 0 Å². The summed E-state index contributed by atoms with van der Waals surface area (Å²) in [5.74, 6) is 0.701. The van der Waals surface area contributed by atoms with E-state index in [1.54, 1.807) is 12.1 Å². The van der Waals surface area contributed by atoms with Gasteiger partial charge in [-0.1, -0.05) is 12.1 Å². The highest BCUT2D eigenvalue weighted by Gasteiger charge is 2.25. The number of fused-ring (bicyclic) bond motifs is 1. The van der Waals surface area contributed by atoms with Crippen molar-refractivity contribution >= 4 is 22.8 Å². The van der Waals surface area contributed by atoms with Crippen LogP contribution in [0.25, 0.3) is 11.0 Å². The summed E-state index contributed by atoms with van der Waals surface area (Å²) in [5, 5.41) is 2.83. The molecule has 1 aromatic heterocycles. The van der Waals surface area contributed by atoms with Gasteiger partial charge in [0.25, 0.3) is 0 Å². The summed E-state index contributed by atoms with van der Waals surface area (Å²) in [5.41, 5.74) is 2.77. The summed E-state index contributed by atoms with van der Waals surface area (Å²) in [6.07, 6.45) is 1.77. The Morgan fingerprint density at radius 3 is 2.54 bits per heavy atom. The second-order valence-electron chi connectivity index (χ2n) is 6.67. The molecule has 2 heterocycles. The van der Waals surface area contributed by atoms with Crippen molar-refractivity contribution in [2.75, 3.05) is 18.4 Å². The first-order valence-electron chi connectivity index (χ1n) is 8.87. The normalized spacial score (nSPS) is 15.4. The Balaban J connectivity index is 1.43. The lowest BCUT2D eigenvalue weighted by Crippen LogP contribution is -2.41. The lowest BCUT2D eigenvalue weighted by Gasteiger charge is -2.33. The number of nitrogens with one attached hydrogen (secondary N) is 1. The average molecular weight is 352 g/mol. The van der Waals surface area contributed by atoms with Gasteiger partial charge in [-0.25, -0.2) is 14.2 Å². The first-order valence-corrected chi connectivity index (χ1v) is 8.87. The number of imidazole rings is 1. The van der Waals surface area contributed by atoms with Crippen LogP contribution in [-0.4, -0.2) is 33.6 Å². The highest BCUT2D eigenvalue weighted by atomic mass is 19.1. The Morgan fingerprint density at radius 1 is 1.12 bits per heavy atom. The van der Waals surface area contributed by atoms with Crippen LogP contribution in [0.4, 0.5) is 14.9 Å². The predicted molar refractivity (Wildman–Crippen MR) is 99.7 cm³/mol. The number of rotatable bonds is 2. The molecule has 134 valence electrons. The number of piperidine rings is 1. The lowest BCUT2D eigenvalue weighted by atomic mass is 10.0. The molecule has 0 aliphatic carbocycles. The van der Waals surface area contributed by atoms with Gasteiger partial charge < -0.3 is 14.8 Å². The van der Waals surface area contributed by atoms with Crippen molar-refractivity contribution in [2.24, 2.45) is 0 Å². The predicted octanol–water partition coefficient (Wildman–Crippen LogP) is 4.35. The van der Waals surface area contributed by atoms with Crippen LogP contribution in [0.1, 0.15) is 24.7 Å². The summed E-state index contributed by atoms with van der Waals surface area (Å²) in [6.45, 7) is 3.40. The average Bonchev–Trinajstić information content (AvgIpc) is 2.99. The number of urea groups is 1. The quantitative estimate of drug-likeness (QED) is 0.745. The molecule has 1 aliphatic rings. The summed E-state index contributed by atoms with van der Waals surface area (Å²) >= 11 is 0. The van der Waals surface area contributed by atoms with E-state index in [4.69, 9.17) is 0 Å². The van der Waals surface area contributed by atoms with Crippen LogP contribution in [0.5, 0.6) is 0 Å². The van der Waals surface area contributed by atoms with Gasteiger partial charge in [-0.3, -0.25) is 0 Å². The van der Waals surface area contributed by atoms with Crippen molar-refractivity contribution in [1.29, 1.82) is 0 Å².